The highest BCUT2D eigenvalue weighted by Crippen LogP contribution is 2.54. The van der Waals surface area contributed by atoms with Gasteiger partial charge in [-0.2, -0.15) is 0 Å². The van der Waals surface area contributed by atoms with Gasteiger partial charge < -0.3 is 27.1 Å². The van der Waals surface area contributed by atoms with Crippen LogP contribution in [0, 0.1) is 18.3 Å². The third-order valence-corrected chi connectivity index (χ3v) is 8.80. The second kappa shape index (κ2) is 11.7. The quantitative estimate of drug-likeness (QED) is 0.328. The largest absolute Gasteiger partial charge is 0.426 e. The lowest BCUT2D eigenvalue weighted by atomic mass is 9.85. The third kappa shape index (κ3) is 7.47. The van der Waals surface area contributed by atoms with Gasteiger partial charge in [-0.05, 0) is 53.4 Å². The lowest BCUT2D eigenvalue weighted by Crippen LogP contribution is -2.45. The molecule has 2 aliphatic rings. The van der Waals surface area contributed by atoms with Gasteiger partial charge in [-0.3, -0.25) is 0 Å². The summed E-state index contributed by atoms with van der Waals surface area (Å²) in [5.74, 6) is 2.17. The van der Waals surface area contributed by atoms with Crippen molar-refractivity contribution in [2.45, 2.75) is 79.6 Å². The van der Waals surface area contributed by atoms with Gasteiger partial charge in [0.05, 0.1) is 31.8 Å². The average Bonchev–Trinajstić information content (AvgIpc) is 2.83. The number of hydrogen-bond acceptors (Lipinski definition) is 6. The molecule has 0 aromatic heterocycles. The fourth-order valence-corrected chi connectivity index (χ4v) is 6.93. The molecule has 2 heterocycles. The van der Waals surface area contributed by atoms with Crippen molar-refractivity contribution in [2.24, 2.45) is 11.3 Å². The van der Waals surface area contributed by atoms with E-state index >= 15 is 0 Å². The molecule has 0 N–H and O–H groups in total. The lowest BCUT2D eigenvalue weighted by molar-refractivity contribution is -0.0673. The Bertz CT molecular complexity index is 1090. The van der Waals surface area contributed by atoms with E-state index in [1.54, 1.807) is 0 Å². The minimum atomic E-state index is -1.49. The molecule has 8 heteroatoms. The Hall–Kier alpha value is -1.26. The van der Waals surface area contributed by atoms with Crippen LogP contribution in [0.1, 0.15) is 77.6 Å². The summed E-state index contributed by atoms with van der Waals surface area (Å²) in [5, 5.41) is 0. The Kier molecular flexibility index (Phi) is 9.14. The molecule has 0 unspecified atom stereocenters. The molecule has 2 aliphatic heterocycles. The van der Waals surface area contributed by atoms with E-state index in [1.165, 1.54) is 16.7 Å². The van der Waals surface area contributed by atoms with Crippen LogP contribution in [-0.4, -0.2) is 26.4 Å². The first-order valence-electron chi connectivity index (χ1n) is 13.5. The maximum Gasteiger partial charge on any atom is 0.397 e. The third-order valence-electron chi connectivity index (χ3n) is 6.75. The topological polar surface area (TPSA) is 55.4 Å². The van der Waals surface area contributed by atoms with Crippen LogP contribution < -0.4 is 9.05 Å². The second-order valence-electron chi connectivity index (χ2n) is 13.1. The molecule has 2 saturated heterocycles. The van der Waals surface area contributed by atoms with Crippen molar-refractivity contribution < 1.29 is 27.1 Å². The van der Waals surface area contributed by atoms with E-state index in [2.05, 4.69) is 92.6 Å². The molecule has 210 valence electrons. The molecule has 2 aromatic carbocycles. The van der Waals surface area contributed by atoms with Crippen LogP contribution >= 0.6 is 17.2 Å². The van der Waals surface area contributed by atoms with Gasteiger partial charge in [0.25, 0.3) is 0 Å². The van der Waals surface area contributed by atoms with Crippen LogP contribution in [0.3, 0.4) is 0 Å². The van der Waals surface area contributed by atoms with Gasteiger partial charge in [-0.15, -0.1) is 0 Å². The van der Waals surface area contributed by atoms with Crippen molar-refractivity contribution >= 4 is 17.2 Å². The maximum atomic E-state index is 6.26. The molecule has 0 bridgehead atoms. The minimum absolute atomic E-state index is 0.0436. The van der Waals surface area contributed by atoms with E-state index in [0.717, 1.165) is 23.5 Å². The molecule has 0 aliphatic carbocycles. The standard InChI is InChI=1S/C30H44O6P2/c1-21(2)14-23-16-24(28(4,5)6)11-13-26(23)35-37-31-17-30(18-32-37)19-33-38(34-20-30)36-27-12-10-22(3)15-25(27)29(7,8)9/h10-13,15-16,21H,14,17-20H2,1-9H3. The highest BCUT2D eigenvalue weighted by atomic mass is 31.2. The van der Waals surface area contributed by atoms with Crippen LogP contribution in [-0.2, 0) is 35.3 Å². The zero-order valence-electron chi connectivity index (χ0n) is 24.4. The maximum absolute atomic E-state index is 6.26. The van der Waals surface area contributed by atoms with Crippen LogP contribution in [0.25, 0.3) is 0 Å². The first kappa shape index (κ1) is 29.7. The van der Waals surface area contributed by atoms with Gasteiger partial charge in [0.1, 0.15) is 11.5 Å². The summed E-state index contributed by atoms with van der Waals surface area (Å²) in [6, 6.07) is 12.7. The molecule has 0 atom stereocenters. The Morgan fingerprint density at radius 2 is 1.29 bits per heavy atom. The Labute approximate surface area is 231 Å². The Balaban J connectivity index is 1.34. The summed E-state index contributed by atoms with van der Waals surface area (Å²) in [6.07, 6.45) is 0.940. The smallest absolute Gasteiger partial charge is 0.397 e. The lowest BCUT2D eigenvalue weighted by Gasteiger charge is -2.41. The van der Waals surface area contributed by atoms with Crippen molar-refractivity contribution in [1.82, 2.24) is 0 Å². The van der Waals surface area contributed by atoms with Gasteiger partial charge in [0.15, 0.2) is 0 Å². The molecule has 6 nitrogen and oxygen atoms in total. The van der Waals surface area contributed by atoms with Crippen LogP contribution in [0.5, 0.6) is 11.5 Å². The van der Waals surface area contributed by atoms with E-state index in [9.17, 15) is 0 Å². The summed E-state index contributed by atoms with van der Waals surface area (Å²) < 4.78 is 36.8. The van der Waals surface area contributed by atoms with Crippen molar-refractivity contribution in [3.8, 4) is 11.5 Å². The van der Waals surface area contributed by atoms with Crippen molar-refractivity contribution in [1.29, 1.82) is 0 Å². The zero-order chi connectivity index (χ0) is 27.7. The Morgan fingerprint density at radius 1 is 0.763 bits per heavy atom. The van der Waals surface area contributed by atoms with Gasteiger partial charge in [-0.25, -0.2) is 0 Å². The molecular formula is C30H44O6P2. The average molecular weight is 563 g/mol. The van der Waals surface area contributed by atoms with Gasteiger partial charge in [-0.1, -0.05) is 85.2 Å². The fourth-order valence-electron chi connectivity index (χ4n) is 4.39. The number of rotatable bonds is 6. The fraction of sp³-hybridized carbons (Fsp3) is 0.600. The van der Waals surface area contributed by atoms with Gasteiger partial charge >= 0.3 is 17.2 Å². The molecule has 38 heavy (non-hydrogen) atoms. The number of aryl methyl sites for hydroxylation is 1. The first-order valence-corrected chi connectivity index (χ1v) is 15.7. The molecule has 2 aromatic rings. The molecule has 0 saturated carbocycles. The summed E-state index contributed by atoms with van der Waals surface area (Å²) in [6.45, 7) is 21.6. The summed E-state index contributed by atoms with van der Waals surface area (Å²) in [5.41, 5.74) is 4.52. The molecule has 4 rings (SSSR count). The normalized spacial score (nSPS) is 24.6. The van der Waals surface area contributed by atoms with Gasteiger partial charge in [0, 0.05) is 5.56 Å². The zero-order valence-corrected chi connectivity index (χ0v) is 26.2. The van der Waals surface area contributed by atoms with Gasteiger partial charge in [0.2, 0.25) is 0 Å². The van der Waals surface area contributed by atoms with Crippen molar-refractivity contribution in [3.63, 3.8) is 0 Å². The summed E-state index contributed by atoms with van der Waals surface area (Å²) in [4.78, 5) is 0. The molecular weight excluding hydrogens is 518 g/mol. The molecule has 1 spiro atoms. The monoisotopic (exact) mass is 562 g/mol. The number of hydrogen-bond donors (Lipinski definition) is 0. The van der Waals surface area contributed by atoms with E-state index in [0.29, 0.717) is 32.3 Å². The number of benzene rings is 2. The van der Waals surface area contributed by atoms with E-state index in [1.807, 2.05) is 6.07 Å². The van der Waals surface area contributed by atoms with E-state index < -0.39 is 17.2 Å². The predicted octanol–water partition coefficient (Wildman–Crippen LogP) is 8.78. The van der Waals surface area contributed by atoms with Crippen LogP contribution in [0.2, 0.25) is 0 Å². The molecule has 2 fully saturated rings. The van der Waals surface area contributed by atoms with Crippen molar-refractivity contribution in [3.05, 3.63) is 58.7 Å². The van der Waals surface area contributed by atoms with Crippen LogP contribution in [0.15, 0.2) is 36.4 Å². The first-order chi connectivity index (χ1) is 17.7. The summed E-state index contributed by atoms with van der Waals surface area (Å²) in [7, 11) is -2.97. The SMILES string of the molecule is Cc1ccc(OP2OCC3(COP(Oc4ccc(C(C)(C)C)cc4CC(C)C)OC3)CO2)c(C(C)(C)C)c1. The highest BCUT2D eigenvalue weighted by Gasteiger charge is 2.45. The Morgan fingerprint density at radius 3 is 1.79 bits per heavy atom. The van der Waals surface area contributed by atoms with E-state index in [-0.39, 0.29) is 16.2 Å². The van der Waals surface area contributed by atoms with Crippen molar-refractivity contribution in [2.75, 3.05) is 26.4 Å². The second-order valence-corrected chi connectivity index (χ2v) is 15.4. The van der Waals surface area contributed by atoms with E-state index in [4.69, 9.17) is 27.1 Å². The molecule has 0 radical (unpaired) electrons. The summed E-state index contributed by atoms with van der Waals surface area (Å²) >= 11 is 0. The molecule has 0 amide bonds. The highest BCUT2D eigenvalue weighted by molar-refractivity contribution is 7.42. The minimum Gasteiger partial charge on any atom is -0.426 e. The van der Waals surface area contributed by atoms with Crippen LogP contribution in [0.4, 0.5) is 0 Å². The predicted molar refractivity (Wildman–Crippen MR) is 155 cm³/mol.